The smallest absolute Gasteiger partial charge is 0.224 e. The van der Waals surface area contributed by atoms with Crippen molar-refractivity contribution < 1.29 is 0 Å². The summed E-state index contributed by atoms with van der Waals surface area (Å²) in [4.78, 5) is 8.79. The summed E-state index contributed by atoms with van der Waals surface area (Å²) in [6.45, 7) is 11.4. The molecule has 17 heavy (non-hydrogen) atoms. The minimum absolute atomic E-state index is 0.0685. The maximum atomic E-state index is 4.46. The first-order valence-corrected chi connectivity index (χ1v) is 6.34. The zero-order valence-electron chi connectivity index (χ0n) is 11.6. The monoisotopic (exact) mass is 236 g/mol. The molecule has 0 aliphatic carbocycles. The topological polar surface area (TPSA) is 49.8 Å². The van der Waals surface area contributed by atoms with Gasteiger partial charge >= 0.3 is 0 Å². The molecule has 0 radical (unpaired) electrons. The first kappa shape index (κ1) is 13.7. The Bertz CT molecular complexity index is 360. The summed E-state index contributed by atoms with van der Waals surface area (Å²) in [7, 11) is 0. The van der Waals surface area contributed by atoms with Crippen molar-refractivity contribution in [3.05, 3.63) is 11.8 Å². The summed E-state index contributed by atoms with van der Waals surface area (Å²) in [5.74, 6) is 1.59. The fourth-order valence-corrected chi connectivity index (χ4v) is 1.90. The Morgan fingerprint density at radius 2 is 1.94 bits per heavy atom. The minimum atomic E-state index is 0.0685. The highest BCUT2D eigenvalue weighted by atomic mass is 15.2. The van der Waals surface area contributed by atoms with E-state index in [0.717, 1.165) is 30.9 Å². The molecule has 0 aromatic carbocycles. The lowest BCUT2D eigenvalue weighted by Gasteiger charge is -2.26. The van der Waals surface area contributed by atoms with Crippen LogP contribution in [0, 0.1) is 6.92 Å². The molecule has 1 aromatic rings. The molecule has 0 saturated carbocycles. The van der Waals surface area contributed by atoms with Crippen LogP contribution in [0.4, 0.5) is 11.8 Å². The second-order valence-corrected chi connectivity index (χ2v) is 5.01. The maximum absolute atomic E-state index is 4.46. The molecular formula is C13H24N4. The number of nitrogens with zero attached hydrogens (tertiary/aromatic N) is 2. The van der Waals surface area contributed by atoms with Crippen LogP contribution in [0.25, 0.3) is 0 Å². The second-order valence-electron chi connectivity index (χ2n) is 5.01. The van der Waals surface area contributed by atoms with Crippen molar-refractivity contribution in [1.82, 2.24) is 9.97 Å². The lowest BCUT2D eigenvalue weighted by molar-refractivity contribution is 0.509. The van der Waals surface area contributed by atoms with Gasteiger partial charge in [0.2, 0.25) is 5.95 Å². The maximum Gasteiger partial charge on any atom is 0.224 e. The summed E-state index contributed by atoms with van der Waals surface area (Å²) in [5, 5.41) is 6.61. The van der Waals surface area contributed by atoms with Crippen LogP contribution in [-0.2, 0) is 0 Å². The summed E-state index contributed by atoms with van der Waals surface area (Å²) in [6, 6.07) is 1.98. The molecule has 0 bridgehead atoms. The van der Waals surface area contributed by atoms with Gasteiger partial charge in [-0.1, -0.05) is 13.3 Å². The Labute approximate surface area is 104 Å². The number of hydrogen-bond donors (Lipinski definition) is 2. The number of aryl methyl sites for hydroxylation is 1. The SMILES string of the molecule is CCCC(C)(C)Nc1cc(C)nc(NCC)n1. The second kappa shape index (κ2) is 5.84. The lowest BCUT2D eigenvalue weighted by Crippen LogP contribution is -2.31. The van der Waals surface area contributed by atoms with E-state index in [2.05, 4.69) is 41.4 Å². The van der Waals surface area contributed by atoms with Crippen molar-refractivity contribution in [3.63, 3.8) is 0 Å². The van der Waals surface area contributed by atoms with Crippen LogP contribution in [0.5, 0.6) is 0 Å². The van der Waals surface area contributed by atoms with Gasteiger partial charge in [-0.15, -0.1) is 0 Å². The number of hydrogen-bond acceptors (Lipinski definition) is 4. The molecule has 2 N–H and O–H groups in total. The normalized spacial score (nSPS) is 11.4. The molecule has 0 atom stereocenters. The summed E-state index contributed by atoms with van der Waals surface area (Å²) in [6.07, 6.45) is 2.27. The highest BCUT2D eigenvalue weighted by Crippen LogP contribution is 2.19. The van der Waals surface area contributed by atoms with E-state index in [9.17, 15) is 0 Å². The van der Waals surface area contributed by atoms with Crippen LogP contribution >= 0.6 is 0 Å². The fourth-order valence-electron chi connectivity index (χ4n) is 1.90. The quantitative estimate of drug-likeness (QED) is 0.796. The van der Waals surface area contributed by atoms with E-state index in [4.69, 9.17) is 0 Å². The first-order chi connectivity index (χ1) is 7.96. The number of aromatic nitrogens is 2. The van der Waals surface area contributed by atoms with Crippen LogP contribution in [-0.4, -0.2) is 22.1 Å². The van der Waals surface area contributed by atoms with Crippen molar-refractivity contribution in [2.24, 2.45) is 0 Å². The summed E-state index contributed by atoms with van der Waals surface area (Å²) in [5.41, 5.74) is 1.05. The Morgan fingerprint density at radius 1 is 1.24 bits per heavy atom. The zero-order valence-corrected chi connectivity index (χ0v) is 11.6. The molecule has 4 nitrogen and oxygen atoms in total. The molecule has 0 amide bonds. The molecule has 1 rings (SSSR count). The molecule has 96 valence electrons. The molecular weight excluding hydrogens is 212 g/mol. The van der Waals surface area contributed by atoms with E-state index < -0.39 is 0 Å². The van der Waals surface area contributed by atoms with Crippen molar-refractivity contribution >= 4 is 11.8 Å². The molecule has 1 heterocycles. The van der Waals surface area contributed by atoms with Gasteiger partial charge in [0.25, 0.3) is 0 Å². The highest BCUT2D eigenvalue weighted by molar-refractivity contribution is 5.43. The average Bonchev–Trinajstić information content (AvgIpc) is 2.15. The van der Waals surface area contributed by atoms with Gasteiger partial charge in [0.05, 0.1) is 0 Å². The first-order valence-electron chi connectivity index (χ1n) is 6.34. The van der Waals surface area contributed by atoms with E-state index in [1.54, 1.807) is 0 Å². The summed E-state index contributed by atoms with van der Waals surface area (Å²) < 4.78 is 0. The predicted molar refractivity (Wildman–Crippen MR) is 73.5 cm³/mol. The van der Waals surface area contributed by atoms with Gasteiger partial charge in [0, 0.05) is 23.8 Å². The van der Waals surface area contributed by atoms with Gasteiger partial charge in [0.15, 0.2) is 0 Å². The van der Waals surface area contributed by atoms with Crippen LogP contribution in [0.1, 0.15) is 46.2 Å². The largest absolute Gasteiger partial charge is 0.365 e. The van der Waals surface area contributed by atoms with Crippen molar-refractivity contribution in [1.29, 1.82) is 0 Å². The van der Waals surface area contributed by atoms with Gasteiger partial charge in [-0.25, -0.2) is 4.98 Å². The third-order valence-corrected chi connectivity index (χ3v) is 2.53. The Morgan fingerprint density at radius 3 is 2.53 bits per heavy atom. The van der Waals surface area contributed by atoms with Gasteiger partial charge in [-0.2, -0.15) is 4.98 Å². The average molecular weight is 236 g/mol. The highest BCUT2D eigenvalue weighted by Gasteiger charge is 2.17. The van der Waals surface area contributed by atoms with Crippen molar-refractivity contribution in [2.75, 3.05) is 17.2 Å². The third kappa shape index (κ3) is 4.59. The lowest BCUT2D eigenvalue weighted by atomic mass is 9.99. The fraction of sp³-hybridized carbons (Fsp3) is 0.692. The summed E-state index contributed by atoms with van der Waals surface area (Å²) >= 11 is 0. The van der Waals surface area contributed by atoms with Crippen LogP contribution in [0.2, 0.25) is 0 Å². The molecule has 0 aliphatic rings. The number of nitrogens with one attached hydrogen (secondary N) is 2. The molecule has 0 unspecified atom stereocenters. The molecule has 0 saturated heterocycles. The van der Waals surface area contributed by atoms with Gasteiger partial charge in [-0.3, -0.25) is 0 Å². The minimum Gasteiger partial charge on any atom is -0.365 e. The zero-order chi connectivity index (χ0) is 12.9. The van der Waals surface area contributed by atoms with Crippen LogP contribution in [0.15, 0.2) is 6.07 Å². The Kier molecular flexibility index (Phi) is 4.73. The Balaban J connectivity index is 2.83. The van der Waals surface area contributed by atoms with Gasteiger partial charge in [-0.05, 0) is 34.1 Å². The van der Waals surface area contributed by atoms with E-state index in [1.165, 1.54) is 0 Å². The number of rotatable bonds is 6. The van der Waals surface area contributed by atoms with Crippen LogP contribution in [0.3, 0.4) is 0 Å². The predicted octanol–water partition coefficient (Wildman–Crippen LogP) is 3.21. The van der Waals surface area contributed by atoms with Gasteiger partial charge in [0.1, 0.15) is 5.82 Å². The molecule has 0 fully saturated rings. The third-order valence-electron chi connectivity index (χ3n) is 2.53. The van der Waals surface area contributed by atoms with E-state index >= 15 is 0 Å². The number of anilines is 2. The van der Waals surface area contributed by atoms with Crippen LogP contribution < -0.4 is 10.6 Å². The molecule has 1 aromatic heterocycles. The van der Waals surface area contributed by atoms with E-state index in [-0.39, 0.29) is 5.54 Å². The van der Waals surface area contributed by atoms with Crippen molar-refractivity contribution in [2.45, 2.75) is 53.0 Å². The van der Waals surface area contributed by atoms with Crippen molar-refractivity contribution in [3.8, 4) is 0 Å². The molecule has 0 aliphatic heterocycles. The Hall–Kier alpha value is -1.32. The molecule has 4 heteroatoms. The molecule has 0 spiro atoms. The van der Waals surface area contributed by atoms with E-state index in [0.29, 0.717) is 5.95 Å². The van der Waals surface area contributed by atoms with E-state index in [1.807, 2.05) is 19.9 Å². The van der Waals surface area contributed by atoms with Gasteiger partial charge < -0.3 is 10.6 Å². The standard InChI is InChI=1S/C13H24N4/c1-6-8-13(4,5)17-11-9-10(3)15-12(16-11)14-7-2/h9H,6-8H2,1-5H3,(H2,14,15,16,17).